The van der Waals surface area contributed by atoms with Gasteiger partial charge in [0.2, 0.25) is 0 Å². The van der Waals surface area contributed by atoms with E-state index in [9.17, 15) is 0 Å². The maximum Gasteiger partial charge on any atom is 0.171 e. The Kier molecular flexibility index (Phi) is 4.47. The van der Waals surface area contributed by atoms with Crippen LogP contribution in [-0.2, 0) is 5.54 Å². The molecule has 4 nitrogen and oxygen atoms in total. The van der Waals surface area contributed by atoms with E-state index in [1.807, 2.05) is 41.5 Å². The number of hydrogen-bond acceptors (Lipinski definition) is 4. The first-order valence-corrected chi connectivity index (χ1v) is 9.83. The van der Waals surface area contributed by atoms with Gasteiger partial charge in [0.1, 0.15) is 5.54 Å². The maximum atomic E-state index is 4.96. The van der Waals surface area contributed by atoms with Gasteiger partial charge in [0.05, 0.1) is 5.69 Å². The fourth-order valence-corrected chi connectivity index (χ4v) is 3.86. The molecule has 1 unspecified atom stereocenters. The third-order valence-electron chi connectivity index (χ3n) is 5.33. The average molecular weight is 378 g/mol. The zero-order valence-electron chi connectivity index (χ0n) is 16.0. The summed E-state index contributed by atoms with van der Waals surface area (Å²) in [5.41, 5.74) is 6.45. The number of nitrogens with zero attached hydrogens (tertiary/aromatic N) is 3. The summed E-state index contributed by atoms with van der Waals surface area (Å²) < 4.78 is 0. The Labute approximate surface area is 171 Å². The van der Waals surface area contributed by atoms with E-state index in [1.165, 1.54) is 5.56 Å². The molecule has 0 spiro atoms. The van der Waals surface area contributed by atoms with Gasteiger partial charge >= 0.3 is 0 Å². The lowest BCUT2D eigenvalue weighted by molar-refractivity contribution is 0.0965. The standard InChI is InChI=1S/C25H22N4/c1-5-13-21(14-6-1)24-26-28(23-17-9-3-10-18-23)29(27-24)25(19-11-4-12-20-25)22-15-7-2-8-16-22/h1-19H,20H2,(H,26,27). The van der Waals surface area contributed by atoms with Crippen molar-refractivity contribution in [2.24, 2.45) is 5.10 Å². The molecule has 0 fully saturated rings. The molecule has 29 heavy (non-hydrogen) atoms. The summed E-state index contributed by atoms with van der Waals surface area (Å²) in [5, 5.41) is 9.07. The van der Waals surface area contributed by atoms with E-state index >= 15 is 0 Å². The van der Waals surface area contributed by atoms with Crippen LogP contribution < -0.4 is 10.5 Å². The fraction of sp³-hybridized carbons (Fsp3) is 0.0800. The van der Waals surface area contributed by atoms with Crippen molar-refractivity contribution in [2.45, 2.75) is 12.0 Å². The van der Waals surface area contributed by atoms with Gasteiger partial charge in [-0.05, 0) is 24.1 Å². The topological polar surface area (TPSA) is 30.9 Å². The molecular weight excluding hydrogens is 356 g/mol. The molecule has 0 aromatic heterocycles. The zero-order valence-corrected chi connectivity index (χ0v) is 16.0. The molecule has 1 heterocycles. The highest BCUT2D eigenvalue weighted by molar-refractivity contribution is 6.00. The quantitative estimate of drug-likeness (QED) is 0.693. The van der Waals surface area contributed by atoms with Crippen LogP contribution in [0, 0.1) is 0 Å². The van der Waals surface area contributed by atoms with E-state index in [2.05, 4.69) is 89.4 Å². The van der Waals surface area contributed by atoms with Crippen LogP contribution in [-0.4, -0.2) is 11.0 Å². The number of hydrazine groups is 2. The van der Waals surface area contributed by atoms with Gasteiger partial charge in [0.15, 0.2) is 5.84 Å². The third kappa shape index (κ3) is 3.13. The average Bonchev–Trinajstić information content (AvgIpc) is 3.27. The molecule has 1 atom stereocenters. The monoisotopic (exact) mass is 378 g/mol. The highest BCUT2D eigenvalue weighted by Crippen LogP contribution is 2.39. The molecule has 0 saturated carbocycles. The Morgan fingerprint density at radius 1 is 0.759 bits per heavy atom. The summed E-state index contributed by atoms with van der Waals surface area (Å²) in [6.45, 7) is 0. The van der Waals surface area contributed by atoms with Crippen LogP contribution in [0.3, 0.4) is 0 Å². The predicted molar refractivity (Wildman–Crippen MR) is 118 cm³/mol. The largest absolute Gasteiger partial charge is 0.280 e. The number of nitrogens with one attached hydrogen (secondary N) is 1. The predicted octanol–water partition coefficient (Wildman–Crippen LogP) is 5.00. The minimum absolute atomic E-state index is 0.397. The smallest absolute Gasteiger partial charge is 0.171 e. The molecule has 2 aliphatic rings. The third-order valence-corrected chi connectivity index (χ3v) is 5.33. The molecule has 0 saturated heterocycles. The summed E-state index contributed by atoms with van der Waals surface area (Å²) in [4.78, 5) is 0. The van der Waals surface area contributed by atoms with E-state index in [-0.39, 0.29) is 0 Å². The first-order chi connectivity index (χ1) is 14.4. The summed E-state index contributed by atoms with van der Waals surface area (Å²) in [6.07, 6.45) is 9.50. The molecule has 1 aliphatic heterocycles. The van der Waals surface area contributed by atoms with Crippen LogP contribution in [0.4, 0.5) is 5.69 Å². The molecule has 0 bridgehead atoms. The Balaban J connectivity index is 1.63. The molecule has 0 radical (unpaired) electrons. The maximum absolute atomic E-state index is 4.96. The molecule has 142 valence electrons. The molecule has 3 aromatic carbocycles. The first-order valence-electron chi connectivity index (χ1n) is 9.83. The number of hydrogen-bond donors (Lipinski definition) is 1. The Hall–Kier alpha value is -3.63. The minimum atomic E-state index is -0.397. The SMILES string of the molecule is C1=CCC(c2ccccc2)(N2NC(c3ccccc3)=NN2c2ccccc2)C=C1. The van der Waals surface area contributed by atoms with Crippen molar-refractivity contribution in [1.82, 2.24) is 10.5 Å². The van der Waals surface area contributed by atoms with Crippen molar-refractivity contribution in [3.05, 3.63) is 126 Å². The molecule has 4 heteroatoms. The number of benzene rings is 3. The number of rotatable bonds is 4. The second kappa shape index (κ2) is 7.41. The molecule has 1 N–H and O–H groups in total. The number of para-hydroxylation sites is 1. The van der Waals surface area contributed by atoms with E-state index in [4.69, 9.17) is 5.10 Å². The number of hydrazone groups is 1. The van der Waals surface area contributed by atoms with Gasteiger partial charge in [0.25, 0.3) is 0 Å². The Morgan fingerprint density at radius 3 is 2.07 bits per heavy atom. The van der Waals surface area contributed by atoms with Gasteiger partial charge < -0.3 is 0 Å². The van der Waals surface area contributed by atoms with Crippen LogP contribution in [0.15, 0.2) is 120 Å². The van der Waals surface area contributed by atoms with Crippen molar-refractivity contribution in [3.8, 4) is 0 Å². The van der Waals surface area contributed by atoms with Gasteiger partial charge in [-0.2, -0.15) is 5.12 Å². The van der Waals surface area contributed by atoms with Gasteiger partial charge in [-0.1, -0.05) is 108 Å². The van der Waals surface area contributed by atoms with Crippen molar-refractivity contribution in [1.29, 1.82) is 0 Å². The second-order valence-electron chi connectivity index (χ2n) is 7.14. The Bertz CT molecular complexity index is 1060. The lowest BCUT2D eigenvalue weighted by Gasteiger charge is -2.43. The van der Waals surface area contributed by atoms with Crippen molar-refractivity contribution in [3.63, 3.8) is 0 Å². The van der Waals surface area contributed by atoms with Gasteiger partial charge in [-0.15, -0.1) is 5.10 Å². The molecule has 1 aliphatic carbocycles. The number of allylic oxidation sites excluding steroid dienone is 2. The molecule has 3 aromatic rings. The van der Waals surface area contributed by atoms with Crippen LogP contribution in [0.2, 0.25) is 0 Å². The van der Waals surface area contributed by atoms with Gasteiger partial charge in [-0.25, -0.2) is 0 Å². The van der Waals surface area contributed by atoms with Crippen molar-refractivity contribution in [2.75, 3.05) is 5.12 Å². The van der Waals surface area contributed by atoms with Crippen molar-refractivity contribution < 1.29 is 0 Å². The number of anilines is 1. The van der Waals surface area contributed by atoms with Gasteiger partial charge in [-0.3, -0.25) is 5.43 Å². The lowest BCUT2D eigenvalue weighted by atomic mass is 9.84. The number of amidine groups is 1. The summed E-state index contributed by atoms with van der Waals surface area (Å²) >= 11 is 0. The Morgan fingerprint density at radius 2 is 1.41 bits per heavy atom. The van der Waals surface area contributed by atoms with E-state index in [0.29, 0.717) is 0 Å². The van der Waals surface area contributed by atoms with Gasteiger partial charge in [0, 0.05) is 5.56 Å². The highest BCUT2D eigenvalue weighted by atomic mass is 16.0. The first kappa shape index (κ1) is 17.5. The van der Waals surface area contributed by atoms with Crippen LogP contribution >= 0.6 is 0 Å². The fourth-order valence-electron chi connectivity index (χ4n) is 3.86. The normalized spacial score (nSPS) is 21.1. The minimum Gasteiger partial charge on any atom is -0.280 e. The lowest BCUT2D eigenvalue weighted by Crippen LogP contribution is -2.57. The second-order valence-corrected chi connectivity index (χ2v) is 7.14. The summed E-state index contributed by atoms with van der Waals surface area (Å²) in [6, 6.07) is 31.1. The van der Waals surface area contributed by atoms with E-state index < -0.39 is 5.54 Å². The molecule has 5 rings (SSSR count). The van der Waals surface area contributed by atoms with Crippen LogP contribution in [0.25, 0.3) is 0 Å². The summed E-state index contributed by atoms with van der Waals surface area (Å²) in [5.74, 6) is 0.827. The van der Waals surface area contributed by atoms with Crippen LogP contribution in [0.5, 0.6) is 0 Å². The highest BCUT2D eigenvalue weighted by Gasteiger charge is 2.44. The zero-order chi connectivity index (χ0) is 19.5. The van der Waals surface area contributed by atoms with E-state index in [0.717, 1.165) is 23.5 Å². The summed E-state index contributed by atoms with van der Waals surface area (Å²) in [7, 11) is 0. The van der Waals surface area contributed by atoms with E-state index in [1.54, 1.807) is 0 Å². The molecular formula is C25H22N4. The van der Waals surface area contributed by atoms with Crippen molar-refractivity contribution >= 4 is 11.5 Å². The molecule has 0 amide bonds. The van der Waals surface area contributed by atoms with Crippen LogP contribution in [0.1, 0.15) is 17.5 Å².